The Morgan fingerprint density at radius 2 is 2.06 bits per heavy atom. The predicted octanol–water partition coefficient (Wildman–Crippen LogP) is 2.19. The summed E-state index contributed by atoms with van der Waals surface area (Å²) >= 11 is 0. The molecule has 3 nitrogen and oxygen atoms in total. The smallest absolute Gasteiger partial charge is 0.0834 e. The Kier molecular flexibility index (Phi) is 4.77. The summed E-state index contributed by atoms with van der Waals surface area (Å²) in [4.78, 5) is 0. The fraction of sp³-hybridized carbons (Fsp3) is 0.538. The maximum Gasteiger partial charge on any atom is 0.0834 e. The van der Waals surface area contributed by atoms with E-state index in [1.165, 1.54) is 5.56 Å². The first kappa shape index (κ1) is 13.0. The number of hydrogen-bond donors (Lipinski definition) is 2. The van der Waals surface area contributed by atoms with Gasteiger partial charge >= 0.3 is 0 Å². The van der Waals surface area contributed by atoms with E-state index in [4.69, 9.17) is 4.74 Å². The van der Waals surface area contributed by atoms with E-state index in [1.807, 2.05) is 38.1 Å². The first-order chi connectivity index (χ1) is 7.67. The molecule has 0 aliphatic heterocycles. The molecule has 0 aromatic heterocycles. The molecule has 0 amide bonds. The highest BCUT2D eigenvalue weighted by molar-refractivity contribution is 5.52. The van der Waals surface area contributed by atoms with Crippen LogP contribution in [0.3, 0.4) is 0 Å². The number of aryl methyl sites for hydroxylation is 1. The van der Waals surface area contributed by atoms with Gasteiger partial charge in [0.2, 0.25) is 0 Å². The number of para-hydroxylation sites is 1. The summed E-state index contributed by atoms with van der Waals surface area (Å²) in [6.45, 7) is 4.65. The van der Waals surface area contributed by atoms with Crippen LogP contribution in [0.2, 0.25) is 0 Å². The Bertz CT molecular complexity index is 321. The minimum atomic E-state index is -0.388. The maximum absolute atomic E-state index is 9.52. The van der Waals surface area contributed by atoms with E-state index in [9.17, 15) is 5.11 Å². The van der Waals surface area contributed by atoms with E-state index in [0.29, 0.717) is 6.61 Å². The summed E-state index contributed by atoms with van der Waals surface area (Å²) < 4.78 is 5.18. The third-order valence-corrected chi connectivity index (χ3v) is 2.94. The summed E-state index contributed by atoms with van der Waals surface area (Å²) in [7, 11) is 1.65. The van der Waals surface area contributed by atoms with Crippen LogP contribution in [-0.2, 0) is 4.74 Å². The zero-order chi connectivity index (χ0) is 12.0. The van der Waals surface area contributed by atoms with Gasteiger partial charge in [-0.3, -0.25) is 0 Å². The van der Waals surface area contributed by atoms with Crippen molar-refractivity contribution in [2.75, 3.05) is 25.6 Å². The van der Waals surface area contributed by atoms with Crippen molar-refractivity contribution in [1.29, 1.82) is 0 Å². The fourth-order valence-electron chi connectivity index (χ4n) is 1.70. The molecule has 1 atom stereocenters. The lowest BCUT2D eigenvalue weighted by Crippen LogP contribution is -2.46. The van der Waals surface area contributed by atoms with Crippen molar-refractivity contribution in [3.8, 4) is 0 Å². The highest BCUT2D eigenvalue weighted by Gasteiger charge is 2.27. The Hall–Kier alpha value is -1.06. The van der Waals surface area contributed by atoms with Crippen LogP contribution in [-0.4, -0.2) is 31.0 Å². The second-order valence-electron chi connectivity index (χ2n) is 4.16. The summed E-state index contributed by atoms with van der Waals surface area (Å²) in [6, 6.07) is 8.06. The lowest BCUT2D eigenvalue weighted by atomic mass is 9.97. The molecule has 16 heavy (non-hydrogen) atoms. The minimum absolute atomic E-state index is 0.0612. The van der Waals surface area contributed by atoms with Gasteiger partial charge in [-0.2, -0.15) is 0 Å². The van der Waals surface area contributed by atoms with E-state index >= 15 is 0 Å². The first-order valence-corrected chi connectivity index (χ1v) is 5.61. The summed E-state index contributed by atoms with van der Waals surface area (Å²) in [5.74, 6) is 0. The van der Waals surface area contributed by atoms with Crippen molar-refractivity contribution in [3.63, 3.8) is 0 Å². The van der Waals surface area contributed by atoms with Gasteiger partial charge in [0.05, 0.1) is 18.8 Å². The average Bonchev–Trinajstić information content (AvgIpc) is 2.31. The van der Waals surface area contributed by atoms with Crippen LogP contribution in [0.15, 0.2) is 24.3 Å². The Morgan fingerprint density at radius 1 is 1.38 bits per heavy atom. The van der Waals surface area contributed by atoms with Crippen molar-refractivity contribution in [1.82, 2.24) is 0 Å². The Labute approximate surface area is 97.4 Å². The molecule has 0 aliphatic carbocycles. The first-order valence-electron chi connectivity index (χ1n) is 5.61. The van der Waals surface area contributed by atoms with Crippen LogP contribution >= 0.6 is 0 Å². The molecule has 1 aromatic carbocycles. The van der Waals surface area contributed by atoms with E-state index in [-0.39, 0.29) is 12.1 Å². The van der Waals surface area contributed by atoms with Gasteiger partial charge in [-0.25, -0.2) is 0 Å². The summed E-state index contributed by atoms with van der Waals surface area (Å²) in [5, 5.41) is 12.9. The maximum atomic E-state index is 9.52. The third kappa shape index (κ3) is 2.97. The standard InChI is InChI=1S/C13H21NO2/c1-4-13(9-15,10-16-3)14-12-8-6-5-7-11(12)2/h5-8,14-15H,4,9-10H2,1-3H3. The number of aliphatic hydroxyl groups is 1. The molecule has 2 N–H and O–H groups in total. The zero-order valence-electron chi connectivity index (χ0n) is 10.3. The lowest BCUT2D eigenvalue weighted by Gasteiger charge is -2.33. The number of ether oxygens (including phenoxy) is 1. The molecule has 0 radical (unpaired) electrons. The molecule has 1 aromatic rings. The molecule has 1 rings (SSSR count). The molecule has 0 spiro atoms. The summed E-state index contributed by atoms with van der Waals surface area (Å²) in [5.41, 5.74) is 1.83. The van der Waals surface area contributed by atoms with Crippen LogP contribution in [0.4, 0.5) is 5.69 Å². The minimum Gasteiger partial charge on any atom is -0.394 e. The van der Waals surface area contributed by atoms with Gasteiger partial charge in [0.25, 0.3) is 0 Å². The zero-order valence-corrected chi connectivity index (χ0v) is 10.3. The van der Waals surface area contributed by atoms with Crippen molar-refractivity contribution >= 4 is 5.69 Å². The molecule has 0 bridgehead atoms. The lowest BCUT2D eigenvalue weighted by molar-refractivity contribution is 0.0962. The quantitative estimate of drug-likeness (QED) is 0.776. The number of benzene rings is 1. The number of methoxy groups -OCH3 is 1. The molecule has 0 saturated carbocycles. The van der Waals surface area contributed by atoms with E-state index in [1.54, 1.807) is 7.11 Å². The Balaban J connectivity index is 2.87. The van der Waals surface area contributed by atoms with Crippen LogP contribution in [0.25, 0.3) is 0 Å². The van der Waals surface area contributed by atoms with Gasteiger partial charge in [0.1, 0.15) is 0 Å². The van der Waals surface area contributed by atoms with E-state index < -0.39 is 0 Å². The average molecular weight is 223 g/mol. The van der Waals surface area contributed by atoms with Gasteiger partial charge in [-0.1, -0.05) is 25.1 Å². The number of hydrogen-bond acceptors (Lipinski definition) is 3. The molecule has 0 heterocycles. The SMILES string of the molecule is CCC(CO)(COC)Nc1ccccc1C. The van der Waals surface area contributed by atoms with Crippen molar-refractivity contribution in [3.05, 3.63) is 29.8 Å². The fourth-order valence-corrected chi connectivity index (χ4v) is 1.70. The van der Waals surface area contributed by atoms with Crippen molar-refractivity contribution in [2.45, 2.75) is 25.8 Å². The van der Waals surface area contributed by atoms with Gasteiger partial charge in [0.15, 0.2) is 0 Å². The molecule has 0 saturated heterocycles. The van der Waals surface area contributed by atoms with Crippen molar-refractivity contribution in [2.24, 2.45) is 0 Å². The van der Waals surface area contributed by atoms with Gasteiger partial charge in [-0.15, -0.1) is 0 Å². The van der Waals surface area contributed by atoms with Gasteiger partial charge in [-0.05, 0) is 25.0 Å². The van der Waals surface area contributed by atoms with Crippen LogP contribution in [0, 0.1) is 6.92 Å². The van der Waals surface area contributed by atoms with Gasteiger partial charge in [0, 0.05) is 12.8 Å². The van der Waals surface area contributed by atoms with Crippen LogP contribution in [0.1, 0.15) is 18.9 Å². The van der Waals surface area contributed by atoms with Crippen LogP contribution in [0.5, 0.6) is 0 Å². The number of nitrogens with one attached hydrogen (secondary N) is 1. The number of anilines is 1. The topological polar surface area (TPSA) is 41.5 Å². The number of rotatable bonds is 6. The predicted molar refractivity (Wildman–Crippen MR) is 66.8 cm³/mol. The molecule has 90 valence electrons. The number of aliphatic hydroxyl groups excluding tert-OH is 1. The molecule has 1 unspecified atom stereocenters. The second kappa shape index (κ2) is 5.87. The summed E-state index contributed by atoms with van der Waals surface area (Å²) in [6.07, 6.45) is 0.811. The molecule has 0 fully saturated rings. The second-order valence-corrected chi connectivity index (χ2v) is 4.16. The normalized spacial score (nSPS) is 14.5. The molecular weight excluding hydrogens is 202 g/mol. The highest BCUT2D eigenvalue weighted by atomic mass is 16.5. The molecule has 0 aliphatic rings. The van der Waals surface area contributed by atoms with Crippen molar-refractivity contribution < 1.29 is 9.84 Å². The van der Waals surface area contributed by atoms with E-state index in [0.717, 1.165) is 12.1 Å². The molecule has 3 heteroatoms. The van der Waals surface area contributed by atoms with Crippen LogP contribution < -0.4 is 5.32 Å². The largest absolute Gasteiger partial charge is 0.394 e. The third-order valence-electron chi connectivity index (χ3n) is 2.94. The van der Waals surface area contributed by atoms with Gasteiger partial charge < -0.3 is 15.2 Å². The molecular formula is C13H21NO2. The van der Waals surface area contributed by atoms with E-state index in [2.05, 4.69) is 5.32 Å². The monoisotopic (exact) mass is 223 g/mol. The Morgan fingerprint density at radius 3 is 2.56 bits per heavy atom. The highest BCUT2D eigenvalue weighted by Crippen LogP contribution is 2.21.